The number of carbonyl (C=O) groups excluding carboxylic acids is 2. The van der Waals surface area contributed by atoms with Gasteiger partial charge in [-0.2, -0.15) is 0 Å². The highest BCUT2D eigenvalue weighted by Gasteiger charge is 2.37. The molecule has 2 aromatic rings. The van der Waals surface area contributed by atoms with Crippen LogP contribution < -0.4 is 5.32 Å². The molecule has 2 aliphatic rings. The third-order valence-electron chi connectivity index (χ3n) is 4.97. The summed E-state index contributed by atoms with van der Waals surface area (Å²) in [6.45, 7) is 3.42. The van der Waals surface area contributed by atoms with E-state index in [0.29, 0.717) is 18.9 Å². The molecule has 132 valence electrons. The first-order chi connectivity index (χ1) is 12.1. The smallest absolute Gasteiger partial charge is 0.225 e. The van der Waals surface area contributed by atoms with Crippen LogP contribution in [0.5, 0.6) is 0 Å². The molecule has 1 aromatic heterocycles. The highest BCUT2D eigenvalue weighted by atomic mass is 32.1. The number of carbonyl (C=O) groups is 2. The lowest BCUT2D eigenvalue weighted by Crippen LogP contribution is -2.39. The van der Waals surface area contributed by atoms with Gasteiger partial charge in [0.1, 0.15) is 0 Å². The van der Waals surface area contributed by atoms with E-state index in [1.807, 2.05) is 30.0 Å². The number of nitrogens with zero attached hydrogens (tertiary/aromatic N) is 2. The van der Waals surface area contributed by atoms with Crippen LogP contribution >= 0.6 is 11.3 Å². The summed E-state index contributed by atoms with van der Waals surface area (Å²) in [6, 6.07) is 8.09. The number of nitrogens with one attached hydrogen (secondary N) is 1. The van der Waals surface area contributed by atoms with Crippen LogP contribution in [0.2, 0.25) is 0 Å². The summed E-state index contributed by atoms with van der Waals surface area (Å²) in [5.41, 5.74) is 1.01. The van der Waals surface area contributed by atoms with Crippen molar-refractivity contribution in [3.63, 3.8) is 0 Å². The van der Waals surface area contributed by atoms with Gasteiger partial charge in [-0.3, -0.25) is 9.59 Å². The number of thiazole rings is 1. The van der Waals surface area contributed by atoms with Gasteiger partial charge in [-0.25, -0.2) is 4.98 Å². The molecule has 4 rings (SSSR count). The van der Waals surface area contributed by atoms with Crippen LogP contribution in [0.3, 0.4) is 0 Å². The highest BCUT2D eigenvalue weighted by Crippen LogP contribution is 2.32. The van der Waals surface area contributed by atoms with Crippen molar-refractivity contribution in [3.8, 4) is 0 Å². The lowest BCUT2D eigenvalue weighted by atomic mass is 10.1. The normalized spacial score (nSPS) is 21.7. The van der Waals surface area contributed by atoms with E-state index < -0.39 is 0 Å². The molecule has 1 N–H and O–H groups in total. The molecule has 25 heavy (non-hydrogen) atoms. The van der Waals surface area contributed by atoms with Gasteiger partial charge in [-0.1, -0.05) is 12.1 Å². The number of fused-ring (bicyclic) bond motifs is 1. The molecule has 6 heteroatoms. The summed E-state index contributed by atoms with van der Waals surface area (Å²) in [5, 5.41) is 4.11. The van der Waals surface area contributed by atoms with Crippen molar-refractivity contribution in [2.24, 2.45) is 11.8 Å². The van der Waals surface area contributed by atoms with Crippen molar-refractivity contribution < 1.29 is 9.59 Å². The van der Waals surface area contributed by atoms with Gasteiger partial charge < -0.3 is 10.2 Å². The van der Waals surface area contributed by atoms with E-state index in [-0.39, 0.29) is 23.8 Å². The van der Waals surface area contributed by atoms with Gasteiger partial charge in [0.05, 0.1) is 21.1 Å². The molecule has 1 aliphatic heterocycles. The van der Waals surface area contributed by atoms with Crippen LogP contribution in [0.15, 0.2) is 24.3 Å². The van der Waals surface area contributed by atoms with Crippen LogP contribution in [0.1, 0.15) is 31.2 Å². The molecular formula is C19H23N3O2S. The van der Waals surface area contributed by atoms with Crippen LogP contribution in [0.4, 0.5) is 0 Å². The molecule has 1 aromatic carbocycles. The molecule has 0 bridgehead atoms. The molecule has 1 saturated heterocycles. The van der Waals surface area contributed by atoms with E-state index in [9.17, 15) is 9.59 Å². The first-order valence-corrected chi connectivity index (χ1v) is 9.82. The molecule has 1 saturated carbocycles. The first-order valence-electron chi connectivity index (χ1n) is 9.01. The topological polar surface area (TPSA) is 62.3 Å². The third-order valence-corrected chi connectivity index (χ3v) is 6.03. The Morgan fingerprint density at radius 2 is 2.20 bits per heavy atom. The van der Waals surface area contributed by atoms with Gasteiger partial charge in [0.25, 0.3) is 0 Å². The van der Waals surface area contributed by atoms with Crippen LogP contribution in [0, 0.1) is 11.8 Å². The Labute approximate surface area is 151 Å². The fourth-order valence-corrected chi connectivity index (χ4v) is 4.51. The molecule has 1 aliphatic carbocycles. The average Bonchev–Trinajstić information content (AvgIpc) is 3.18. The quantitative estimate of drug-likeness (QED) is 0.864. The summed E-state index contributed by atoms with van der Waals surface area (Å²) in [4.78, 5) is 31.1. The molecule has 2 atom stereocenters. The van der Waals surface area contributed by atoms with Crippen molar-refractivity contribution in [2.75, 3.05) is 13.1 Å². The molecule has 0 radical (unpaired) electrons. The highest BCUT2D eigenvalue weighted by molar-refractivity contribution is 7.18. The maximum absolute atomic E-state index is 12.5. The second kappa shape index (κ2) is 6.75. The van der Waals surface area contributed by atoms with Gasteiger partial charge >= 0.3 is 0 Å². The molecular weight excluding hydrogens is 334 g/mol. The van der Waals surface area contributed by atoms with E-state index in [0.717, 1.165) is 23.5 Å². The van der Waals surface area contributed by atoms with Gasteiger partial charge in [0.15, 0.2) is 0 Å². The number of amides is 2. The number of likely N-dealkylation sites (tertiary alicyclic amines) is 1. The minimum Gasteiger partial charge on any atom is -0.353 e. The SMILES string of the molecule is CC(Cc1nc2ccccc2s1)NC(=O)C1CC(=O)N(CC2CC2)C1. The number of aromatic nitrogens is 1. The first kappa shape index (κ1) is 16.5. The van der Waals surface area contributed by atoms with Crippen molar-refractivity contribution in [1.82, 2.24) is 15.2 Å². The predicted octanol–water partition coefficient (Wildman–Crippen LogP) is 2.60. The molecule has 5 nitrogen and oxygen atoms in total. The van der Waals surface area contributed by atoms with E-state index in [2.05, 4.69) is 16.4 Å². The minimum absolute atomic E-state index is 0.000239. The fraction of sp³-hybridized carbons (Fsp3) is 0.526. The zero-order chi connectivity index (χ0) is 17.4. The van der Waals surface area contributed by atoms with Crippen molar-refractivity contribution in [1.29, 1.82) is 0 Å². The zero-order valence-electron chi connectivity index (χ0n) is 14.4. The summed E-state index contributed by atoms with van der Waals surface area (Å²) in [5.74, 6) is 0.596. The summed E-state index contributed by atoms with van der Waals surface area (Å²) < 4.78 is 1.17. The number of rotatable bonds is 6. The maximum atomic E-state index is 12.5. The van der Waals surface area contributed by atoms with Crippen LogP contribution in [-0.4, -0.2) is 40.8 Å². The van der Waals surface area contributed by atoms with E-state index in [1.54, 1.807) is 11.3 Å². The van der Waals surface area contributed by atoms with Crippen molar-refractivity contribution >= 4 is 33.4 Å². The summed E-state index contributed by atoms with van der Waals surface area (Å²) in [6.07, 6.45) is 3.52. The summed E-state index contributed by atoms with van der Waals surface area (Å²) >= 11 is 1.67. The monoisotopic (exact) mass is 357 g/mol. The number of hydrogen-bond acceptors (Lipinski definition) is 4. The fourth-order valence-electron chi connectivity index (χ4n) is 3.42. The molecule has 2 heterocycles. The summed E-state index contributed by atoms with van der Waals surface area (Å²) in [7, 11) is 0. The third kappa shape index (κ3) is 3.84. The molecule has 0 spiro atoms. The minimum atomic E-state index is -0.205. The second-order valence-electron chi connectivity index (χ2n) is 7.33. The Balaban J connectivity index is 1.31. The largest absolute Gasteiger partial charge is 0.353 e. The van der Waals surface area contributed by atoms with Gasteiger partial charge in [-0.05, 0) is 37.8 Å². The Kier molecular flexibility index (Phi) is 4.46. The Morgan fingerprint density at radius 3 is 2.96 bits per heavy atom. The number of para-hydroxylation sites is 1. The number of benzene rings is 1. The maximum Gasteiger partial charge on any atom is 0.225 e. The van der Waals surface area contributed by atoms with Crippen LogP contribution in [0.25, 0.3) is 10.2 Å². The number of hydrogen-bond donors (Lipinski definition) is 1. The van der Waals surface area contributed by atoms with Gasteiger partial charge in [-0.15, -0.1) is 11.3 Å². The van der Waals surface area contributed by atoms with E-state index in [4.69, 9.17) is 0 Å². The Morgan fingerprint density at radius 1 is 1.40 bits per heavy atom. The average molecular weight is 357 g/mol. The van der Waals surface area contributed by atoms with Crippen LogP contribution in [-0.2, 0) is 16.0 Å². The molecule has 2 fully saturated rings. The van der Waals surface area contributed by atoms with Crippen molar-refractivity contribution in [3.05, 3.63) is 29.3 Å². The standard InChI is InChI=1S/C19H23N3O2S/c1-12(8-17-21-15-4-2-3-5-16(15)25-17)20-19(24)14-9-18(23)22(11-14)10-13-6-7-13/h2-5,12-14H,6-11H2,1H3,(H,20,24). The Hall–Kier alpha value is -1.95. The molecule has 2 amide bonds. The van der Waals surface area contributed by atoms with Crippen molar-refractivity contribution in [2.45, 2.75) is 38.6 Å². The predicted molar refractivity (Wildman–Crippen MR) is 98.3 cm³/mol. The zero-order valence-corrected chi connectivity index (χ0v) is 15.2. The van der Waals surface area contributed by atoms with Gasteiger partial charge in [0, 0.05) is 32.0 Å². The Bertz CT molecular complexity index is 766. The molecule has 2 unspecified atom stereocenters. The second-order valence-corrected chi connectivity index (χ2v) is 8.45. The van der Waals surface area contributed by atoms with E-state index >= 15 is 0 Å². The van der Waals surface area contributed by atoms with Gasteiger partial charge in [0.2, 0.25) is 11.8 Å². The lowest BCUT2D eigenvalue weighted by molar-refractivity contribution is -0.129. The van der Waals surface area contributed by atoms with E-state index in [1.165, 1.54) is 17.5 Å². The lowest BCUT2D eigenvalue weighted by Gasteiger charge is -2.18.